The highest BCUT2D eigenvalue weighted by atomic mass is 19.1. The van der Waals surface area contributed by atoms with Gasteiger partial charge in [0.15, 0.2) is 17.4 Å². The monoisotopic (exact) mass is 290 g/mol. The number of nitrogens with two attached hydrogens (primary N) is 1. The number of hydrogen-bond acceptors (Lipinski definition) is 5. The van der Waals surface area contributed by atoms with Crippen molar-refractivity contribution in [2.45, 2.75) is 33.6 Å². The molecule has 0 saturated heterocycles. The molecule has 0 aliphatic rings. The Morgan fingerprint density at radius 1 is 1.24 bits per heavy atom. The van der Waals surface area contributed by atoms with Gasteiger partial charge in [-0.1, -0.05) is 26.0 Å². The molecule has 0 fully saturated rings. The summed E-state index contributed by atoms with van der Waals surface area (Å²) in [6, 6.07) is 4.98. The van der Waals surface area contributed by atoms with Crippen molar-refractivity contribution in [1.82, 2.24) is 9.97 Å². The van der Waals surface area contributed by atoms with Crippen molar-refractivity contribution >= 4 is 5.82 Å². The summed E-state index contributed by atoms with van der Waals surface area (Å²) < 4.78 is 19.7. The number of benzene rings is 1. The van der Waals surface area contributed by atoms with Gasteiger partial charge in [-0.15, -0.1) is 0 Å². The number of ether oxygens (including phenoxy) is 1. The van der Waals surface area contributed by atoms with Crippen molar-refractivity contribution < 1.29 is 9.13 Å². The van der Waals surface area contributed by atoms with Crippen LogP contribution in [0.5, 0.6) is 11.6 Å². The van der Waals surface area contributed by atoms with E-state index in [1.165, 1.54) is 0 Å². The Kier molecular flexibility index (Phi) is 4.37. The van der Waals surface area contributed by atoms with Gasteiger partial charge in [0, 0.05) is 5.92 Å². The smallest absolute Gasteiger partial charge is 0.227 e. The van der Waals surface area contributed by atoms with Gasteiger partial charge in [0.25, 0.3) is 0 Å². The molecule has 6 heteroatoms. The number of hydrogen-bond donors (Lipinski definition) is 2. The molecule has 0 aliphatic carbocycles. The highest BCUT2D eigenvalue weighted by Gasteiger charge is 2.16. The van der Waals surface area contributed by atoms with Crippen molar-refractivity contribution in [2.24, 2.45) is 5.84 Å². The Bertz CT molecular complexity index is 658. The van der Waals surface area contributed by atoms with Crippen LogP contribution in [0.25, 0.3) is 0 Å². The third kappa shape index (κ3) is 3.11. The van der Waals surface area contributed by atoms with Gasteiger partial charge >= 0.3 is 0 Å². The molecule has 1 heterocycles. The standard InChI is InChI=1S/C15H19FN4O/c1-8(2)13-18-14(20-17)10(4)15(19-13)21-11-7-5-6-9(3)12(11)16/h5-8H,17H2,1-4H3,(H,18,19,20). The van der Waals surface area contributed by atoms with E-state index in [0.717, 1.165) is 0 Å². The number of nitrogens with one attached hydrogen (secondary N) is 1. The second kappa shape index (κ2) is 6.05. The number of halogens is 1. The van der Waals surface area contributed by atoms with Gasteiger partial charge in [-0.2, -0.15) is 4.98 Å². The summed E-state index contributed by atoms with van der Waals surface area (Å²) in [7, 11) is 0. The quantitative estimate of drug-likeness (QED) is 0.666. The number of hydrazine groups is 1. The molecular formula is C15H19FN4O. The van der Waals surface area contributed by atoms with Crippen LogP contribution in [0.15, 0.2) is 18.2 Å². The maximum atomic E-state index is 14.1. The van der Waals surface area contributed by atoms with Crippen molar-refractivity contribution in [3.63, 3.8) is 0 Å². The summed E-state index contributed by atoms with van der Waals surface area (Å²) in [4.78, 5) is 8.66. The Hall–Kier alpha value is -2.21. The van der Waals surface area contributed by atoms with Crippen LogP contribution in [-0.2, 0) is 0 Å². The fourth-order valence-corrected chi connectivity index (χ4v) is 1.81. The number of nitrogen functional groups attached to an aromatic ring is 1. The lowest BCUT2D eigenvalue weighted by Gasteiger charge is -2.14. The fourth-order valence-electron chi connectivity index (χ4n) is 1.81. The first-order valence-electron chi connectivity index (χ1n) is 6.72. The maximum Gasteiger partial charge on any atom is 0.227 e. The van der Waals surface area contributed by atoms with E-state index < -0.39 is 5.82 Å². The molecule has 5 nitrogen and oxygen atoms in total. The van der Waals surface area contributed by atoms with E-state index in [4.69, 9.17) is 10.6 Å². The Morgan fingerprint density at radius 3 is 2.57 bits per heavy atom. The van der Waals surface area contributed by atoms with Gasteiger partial charge in [-0.3, -0.25) is 0 Å². The molecule has 0 saturated carbocycles. The first-order valence-corrected chi connectivity index (χ1v) is 6.72. The summed E-state index contributed by atoms with van der Waals surface area (Å²) >= 11 is 0. The first kappa shape index (κ1) is 15.2. The number of anilines is 1. The summed E-state index contributed by atoms with van der Waals surface area (Å²) in [5, 5.41) is 0. The van der Waals surface area contributed by atoms with Crippen LogP contribution in [0.4, 0.5) is 10.2 Å². The van der Waals surface area contributed by atoms with E-state index in [9.17, 15) is 4.39 Å². The molecule has 112 valence electrons. The predicted octanol–water partition coefficient (Wildman–Crippen LogP) is 3.43. The Labute approximate surface area is 123 Å². The molecule has 0 spiro atoms. The van der Waals surface area contributed by atoms with Crippen LogP contribution < -0.4 is 16.0 Å². The van der Waals surface area contributed by atoms with Crippen LogP contribution in [0.3, 0.4) is 0 Å². The summed E-state index contributed by atoms with van der Waals surface area (Å²) in [6.07, 6.45) is 0. The second-order valence-corrected chi connectivity index (χ2v) is 5.15. The van der Waals surface area contributed by atoms with E-state index in [-0.39, 0.29) is 11.7 Å². The molecule has 1 aromatic heterocycles. The number of aromatic nitrogens is 2. The Morgan fingerprint density at radius 2 is 1.95 bits per heavy atom. The minimum Gasteiger partial charge on any atom is -0.435 e. The van der Waals surface area contributed by atoms with Gasteiger partial charge in [-0.05, 0) is 25.5 Å². The highest BCUT2D eigenvalue weighted by Crippen LogP contribution is 2.30. The molecule has 0 unspecified atom stereocenters. The second-order valence-electron chi connectivity index (χ2n) is 5.15. The summed E-state index contributed by atoms with van der Waals surface area (Å²) in [6.45, 7) is 7.37. The fraction of sp³-hybridized carbons (Fsp3) is 0.333. The number of nitrogens with zero attached hydrogens (tertiary/aromatic N) is 2. The molecule has 0 bridgehead atoms. The van der Waals surface area contributed by atoms with Gasteiger partial charge in [0.2, 0.25) is 5.88 Å². The molecule has 3 N–H and O–H groups in total. The van der Waals surface area contributed by atoms with Gasteiger partial charge in [-0.25, -0.2) is 15.2 Å². The minimum atomic E-state index is -0.399. The van der Waals surface area contributed by atoms with Crippen molar-refractivity contribution in [3.05, 3.63) is 41.0 Å². The SMILES string of the molecule is Cc1cccc(Oc2nc(C(C)C)nc(NN)c2C)c1F. The molecule has 0 aliphatic heterocycles. The third-order valence-corrected chi connectivity index (χ3v) is 3.13. The van der Waals surface area contributed by atoms with Crippen LogP contribution in [0.1, 0.15) is 36.7 Å². The van der Waals surface area contributed by atoms with Crippen LogP contribution in [0.2, 0.25) is 0 Å². The van der Waals surface area contributed by atoms with E-state index in [1.54, 1.807) is 32.0 Å². The van der Waals surface area contributed by atoms with E-state index in [2.05, 4.69) is 15.4 Å². The van der Waals surface area contributed by atoms with E-state index >= 15 is 0 Å². The molecule has 1 aromatic carbocycles. The Balaban J connectivity index is 2.48. The van der Waals surface area contributed by atoms with E-state index in [0.29, 0.717) is 28.6 Å². The minimum absolute atomic E-state index is 0.0995. The topological polar surface area (TPSA) is 73.1 Å². The molecule has 0 atom stereocenters. The molecule has 2 aromatic rings. The molecule has 21 heavy (non-hydrogen) atoms. The zero-order valence-corrected chi connectivity index (χ0v) is 12.6. The average Bonchev–Trinajstić information content (AvgIpc) is 2.45. The summed E-state index contributed by atoms with van der Waals surface area (Å²) in [5.74, 6) is 6.65. The summed E-state index contributed by atoms with van der Waals surface area (Å²) in [5.41, 5.74) is 3.66. The highest BCUT2D eigenvalue weighted by molar-refractivity contribution is 5.49. The third-order valence-electron chi connectivity index (χ3n) is 3.13. The first-order chi connectivity index (χ1) is 9.93. The largest absolute Gasteiger partial charge is 0.435 e. The zero-order chi connectivity index (χ0) is 15.6. The van der Waals surface area contributed by atoms with Gasteiger partial charge in [0.05, 0.1) is 5.56 Å². The van der Waals surface area contributed by atoms with Gasteiger partial charge < -0.3 is 10.2 Å². The lowest BCUT2D eigenvalue weighted by atomic mass is 10.2. The van der Waals surface area contributed by atoms with Crippen molar-refractivity contribution in [3.8, 4) is 11.6 Å². The predicted molar refractivity (Wildman–Crippen MR) is 79.9 cm³/mol. The molecule has 2 rings (SSSR count). The van der Waals surface area contributed by atoms with E-state index in [1.807, 2.05) is 13.8 Å². The van der Waals surface area contributed by atoms with Crippen molar-refractivity contribution in [1.29, 1.82) is 0 Å². The number of rotatable bonds is 4. The maximum absolute atomic E-state index is 14.1. The lowest BCUT2D eigenvalue weighted by Crippen LogP contribution is -2.13. The molecule has 0 radical (unpaired) electrons. The van der Waals surface area contributed by atoms with Crippen LogP contribution >= 0.6 is 0 Å². The average molecular weight is 290 g/mol. The lowest BCUT2D eigenvalue weighted by molar-refractivity contribution is 0.419. The van der Waals surface area contributed by atoms with Crippen LogP contribution in [-0.4, -0.2) is 9.97 Å². The van der Waals surface area contributed by atoms with Crippen LogP contribution in [0, 0.1) is 19.7 Å². The molecule has 0 amide bonds. The van der Waals surface area contributed by atoms with Crippen molar-refractivity contribution in [2.75, 3.05) is 5.43 Å². The number of aryl methyl sites for hydroxylation is 1. The normalized spacial score (nSPS) is 10.8. The van der Waals surface area contributed by atoms with Gasteiger partial charge in [0.1, 0.15) is 5.82 Å². The zero-order valence-electron chi connectivity index (χ0n) is 12.6. The molecular weight excluding hydrogens is 271 g/mol.